The third-order valence-corrected chi connectivity index (χ3v) is 2.14. The van der Waals surface area contributed by atoms with Gasteiger partial charge in [-0.1, -0.05) is 18.7 Å². The third kappa shape index (κ3) is 3.36. The fraction of sp³-hybridized carbons (Fsp3) is 1.00. The quantitative estimate of drug-likeness (QED) is 0.532. The van der Waals surface area contributed by atoms with Gasteiger partial charge < -0.3 is 18.7 Å². The molecule has 0 amide bonds. The van der Waals surface area contributed by atoms with Crippen LogP contribution in [0.1, 0.15) is 12.8 Å². The Kier molecular flexibility index (Phi) is 5.23. The summed E-state index contributed by atoms with van der Waals surface area (Å²) in [4.78, 5) is 0. The maximum Gasteiger partial charge on any atom is 1.00 e. The zero-order valence-corrected chi connectivity index (χ0v) is 9.69. The van der Waals surface area contributed by atoms with Crippen LogP contribution in [-0.4, -0.2) is 13.5 Å². The summed E-state index contributed by atoms with van der Waals surface area (Å²) in [5.41, 5.74) is 5.18. The smallest absolute Gasteiger partial charge is 0.449 e. The first-order chi connectivity index (χ1) is 4.54. The molecular formula is C5H10BF3KN. The summed E-state index contributed by atoms with van der Waals surface area (Å²) in [6, 6.07) is 0. The van der Waals surface area contributed by atoms with Crippen LogP contribution in [-0.2, 0) is 0 Å². The number of nitrogens with two attached hydrogens (primary N) is 1. The largest absolute Gasteiger partial charge is 1.00 e. The minimum Gasteiger partial charge on any atom is -0.449 e. The monoisotopic (exact) mass is 191 g/mol. The van der Waals surface area contributed by atoms with E-state index in [9.17, 15) is 12.9 Å². The Morgan fingerprint density at radius 1 is 1.27 bits per heavy atom. The van der Waals surface area contributed by atoms with Gasteiger partial charge in [0.15, 0.2) is 0 Å². The predicted octanol–water partition coefficient (Wildman–Crippen LogP) is -1.42. The summed E-state index contributed by atoms with van der Waals surface area (Å²) in [6.07, 6.45) is 0.528. The minimum absolute atomic E-state index is 0. The molecular weight excluding hydrogens is 181 g/mol. The van der Waals surface area contributed by atoms with E-state index < -0.39 is 12.8 Å². The van der Waals surface area contributed by atoms with Crippen LogP contribution in [0.15, 0.2) is 0 Å². The average molecular weight is 191 g/mol. The molecule has 0 aliphatic heterocycles. The van der Waals surface area contributed by atoms with Crippen molar-refractivity contribution in [3.05, 3.63) is 0 Å². The van der Waals surface area contributed by atoms with E-state index in [4.69, 9.17) is 5.73 Å². The number of hydrogen-bond donors (Lipinski definition) is 1. The second-order valence-corrected chi connectivity index (χ2v) is 2.96. The Balaban J connectivity index is 0.000001000. The van der Waals surface area contributed by atoms with Gasteiger partial charge in [0.2, 0.25) is 0 Å². The number of halogens is 3. The van der Waals surface area contributed by atoms with E-state index in [1.165, 1.54) is 0 Å². The summed E-state index contributed by atoms with van der Waals surface area (Å²) >= 11 is 0. The van der Waals surface area contributed by atoms with Gasteiger partial charge in [-0.3, -0.25) is 0 Å². The fourth-order valence-electron chi connectivity index (χ4n) is 1.29. The first kappa shape index (κ1) is 12.5. The third-order valence-electron chi connectivity index (χ3n) is 2.14. The normalized spacial score (nSPS) is 30.5. The maximum absolute atomic E-state index is 11.8. The Labute approximate surface area is 107 Å². The van der Waals surface area contributed by atoms with E-state index in [-0.39, 0.29) is 70.1 Å². The maximum atomic E-state index is 11.8. The van der Waals surface area contributed by atoms with Crippen molar-refractivity contribution < 1.29 is 64.3 Å². The summed E-state index contributed by atoms with van der Waals surface area (Å²) in [7, 11) is 0. The van der Waals surface area contributed by atoms with E-state index in [1.54, 1.807) is 0 Å². The number of rotatable bonds is 2. The predicted molar refractivity (Wildman–Crippen MR) is 34.6 cm³/mol. The molecule has 0 heterocycles. The van der Waals surface area contributed by atoms with Crippen LogP contribution in [0, 0.1) is 5.92 Å². The number of hydrogen-bond acceptors (Lipinski definition) is 1. The van der Waals surface area contributed by atoms with Gasteiger partial charge in [-0.2, -0.15) is 0 Å². The molecule has 0 aromatic carbocycles. The zero-order valence-electron chi connectivity index (χ0n) is 6.56. The van der Waals surface area contributed by atoms with Crippen LogP contribution in [0.3, 0.4) is 0 Å². The molecule has 2 N–H and O–H groups in total. The molecule has 0 radical (unpaired) electrons. The molecule has 0 aromatic heterocycles. The molecule has 60 valence electrons. The van der Waals surface area contributed by atoms with Crippen molar-refractivity contribution in [2.75, 3.05) is 6.54 Å². The molecule has 0 atom stereocenters. The standard InChI is InChI=1S/C5H10BF3N.K/c7-6(8,9)5-1-4(2-5)3-10;/h4-5H,1-3,10H2;/q-1;+1. The zero-order chi connectivity index (χ0) is 7.78. The molecule has 1 aliphatic carbocycles. The molecule has 1 aliphatic rings. The van der Waals surface area contributed by atoms with Crippen LogP contribution >= 0.6 is 0 Å². The van der Waals surface area contributed by atoms with Gasteiger partial charge in [0, 0.05) is 0 Å². The molecule has 0 saturated heterocycles. The molecule has 1 fully saturated rings. The first-order valence-corrected chi connectivity index (χ1v) is 3.44. The molecule has 0 bridgehead atoms. The molecule has 1 saturated carbocycles. The molecule has 11 heavy (non-hydrogen) atoms. The van der Waals surface area contributed by atoms with Crippen molar-refractivity contribution in [3.63, 3.8) is 0 Å². The molecule has 0 unspecified atom stereocenters. The van der Waals surface area contributed by atoms with Gasteiger partial charge in [-0.25, -0.2) is 0 Å². The van der Waals surface area contributed by atoms with Crippen molar-refractivity contribution >= 4 is 6.98 Å². The van der Waals surface area contributed by atoms with E-state index >= 15 is 0 Å². The van der Waals surface area contributed by atoms with Gasteiger partial charge in [0.25, 0.3) is 0 Å². The van der Waals surface area contributed by atoms with Gasteiger partial charge in [-0.05, 0) is 12.5 Å². The fourth-order valence-corrected chi connectivity index (χ4v) is 1.29. The Hall–Kier alpha value is 1.45. The van der Waals surface area contributed by atoms with E-state index in [0.29, 0.717) is 6.54 Å². The summed E-state index contributed by atoms with van der Waals surface area (Å²) < 4.78 is 35.5. The van der Waals surface area contributed by atoms with Gasteiger partial charge >= 0.3 is 58.4 Å². The SMILES string of the molecule is NCC1CC([B-](F)(F)F)C1.[K+]. The summed E-state index contributed by atoms with van der Waals surface area (Å²) in [5.74, 6) is -0.873. The molecule has 1 nitrogen and oxygen atoms in total. The van der Waals surface area contributed by atoms with Crippen molar-refractivity contribution in [2.45, 2.75) is 18.7 Å². The Morgan fingerprint density at radius 2 is 1.73 bits per heavy atom. The van der Waals surface area contributed by atoms with Gasteiger partial charge in [0.1, 0.15) is 0 Å². The molecule has 0 spiro atoms. The first-order valence-electron chi connectivity index (χ1n) is 3.44. The van der Waals surface area contributed by atoms with Gasteiger partial charge in [0.05, 0.1) is 0 Å². The van der Waals surface area contributed by atoms with Crippen molar-refractivity contribution in [3.8, 4) is 0 Å². The summed E-state index contributed by atoms with van der Waals surface area (Å²) in [6.45, 7) is -4.16. The minimum atomic E-state index is -4.57. The summed E-state index contributed by atoms with van der Waals surface area (Å²) in [5, 5.41) is 0. The van der Waals surface area contributed by atoms with Crippen LogP contribution in [0.25, 0.3) is 0 Å². The van der Waals surface area contributed by atoms with Crippen LogP contribution in [0.4, 0.5) is 12.9 Å². The molecule has 1 rings (SSSR count). The van der Waals surface area contributed by atoms with Crippen molar-refractivity contribution in [2.24, 2.45) is 11.7 Å². The average Bonchev–Trinajstić information content (AvgIpc) is 1.57. The van der Waals surface area contributed by atoms with Crippen molar-refractivity contribution in [1.29, 1.82) is 0 Å². The Bertz CT molecular complexity index is 123. The second kappa shape index (κ2) is 4.62. The van der Waals surface area contributed by atoms with Crippen molar-refractivity contribution in [1.82, 2.24) is 0 Å². The second-order valence-electron chi connectivity index (χ2n) is 2.96. The van der Waals surface area contributed by atoms with E-state index in [1.807, 2.05) is 0 Å². The molecule has 0 aromatic rings. The Morgan fingerprint density at radius 3 is 2.00 bits per heavy atom. The van der Waals surface area contributed by atoms with Crippen LogP contribution in [0.2, 0.25) is 5.82 Å². The van der Waals surface area contributed by atoms with Crippen LogP contribution in [0.5, 0.6) is 0 Å². The molecule has 6 heteroatoms. The van der Waals surface area contributed by atoms with Gasteiger partial charge in [-0.15, -0.1) is 0 Å². The van der Waals surface area contributed by atoms with E-state index in [2.05, 4.69) is 0 Å². The van der Waals surface area contributed by atoms with E-state index in [0.717, 1.165) is 0 Å². The topological polar surface area (TPSA) is 26.0 Å². The van der Waals surface area contributed by atoms with Crippen LogP contribution < -0.4 is 57.1 Å².